The van der Waals surface area contributed by atoms with Crippen LogP contribution in [-0.4, -0.2) is 35.5 Å². The summed E-state index contributed by atoms with van der Waals surface area (Å²) in [5.74, 6) is 1.23. The van der Waals surface area contributed by atoms with Crippen molar-refractivity contribution < 1.29 is 14.3 Å². The van der Waals surface area contributed by atoms with Gasteiger partial charge in [-0.15, -0.1) is 0 Å². The fraction of sp³-hybridized carbons (Fsp3) is 0.323. The number of hydrogen-bond donors (Lipinski definition) is 1. The molecule has 5 rings (SSSR count). The number of methoxy groups -OCH3 is 1. The number of carbonyl (C=O) groups excluding carboxylic acids is 2. The number of halogens is 1. The van der Waals surface area contributed by atoms with Crippen molar-refractivity contribution in [3.63, 3.8) is 0 Å². The number of ether oxygens (including phenoxy) is 1. The van der Waals surface area contributed by atoms with Gasteiger partial charge in [0.15, 0.2) is 0 Å². The second kappa shape index (κ2) is 11.9. The van der Waals surface area contributed by atoms with Gasteiger partial charge in [-0.2, -0.15) is 0 Å². The van der Waals surface area contributed by atoms with Gasteiger partial charge in [0.05, 0.1) is 18.1 Å². The lowest BCUT2D eigenvalue weighted by Gasteiger charge is -2.26. The maximum atomic E-state index is 13.2. The quantitative estimate of drug-likeness (QED) is 0.266. The molecule has 1 fully saturated rings. The standard InChI is InChI=1S/C31H33ClN4O3/c1-35(30(38)23-6-4-3-5-7-23)25-14-17-28-27(20-25)33-31(34-29(37)22-10-12-24(32)13-11-22)36(28)19-18-21-8-15-26(39-2)16-9-21/h8-17,20,23H,3-7,18-19H2,1-2H3,(H,33,34,37). The average molecular weight is 545 g/mol. The minimum absolute atomic E-state index is 0.0794. The smallest absolute Gasteiger partial charge is 0.257 e. The topological polar surface area (TPSA) is 76.5 Å². The highest BCUT2D eigenvalue weighted by molar-refractivity contribution is 6.30. The Morgan fingerprint density at radius 3 is 2.44 bits per heavy atom. The maximum Gasteiger partial charge on any atom is 0.257 e. The van der Waals surface area contributed by atoms with Gasteiger partial charge in [0.2, 0.25) is 11.9 Å². The fourth-order valence-electron chi connectivity index (χ4n) is 5.21. The summed E-state index contributed by atoms with van der Waals surface area (Å²) in [6.07, 6.45) is 6.06. The molecule has 8 heteroatoms. The summed E-state index contributed by atoms with van der Waals surface area (Å²) in [5, 5.41) is 3.55. The zero-order valence-electron chi connectivity index (χ0n) is 22.3. The molecule has 0 bridgehead atoms. The Bertz CT molecular complexity index is 1460. The zero-order chi connectivity index (χ0) is 27.4. The highest BCUT2D eigenvalue weighted by atomic mass is 35.5. The van der Waals surface area contributed by atoms with Crippen molar-refractivity contribution in [2.24, 2.45) is 5.92 Å². The minimum Gasteiger partial charge on any atom is -0.497 e. The second-order valence-electron chi connectivity index (χ2n) is 10.1. The Morgan fingerprint density at radius 2 is 1.74 bits per heavy atom. The molecule has 1 aliphatic carbocycles. The Hall–Kier alpha value is -3.84. The monoisotopic (exact) mass is 544 g/mol. The van der Waals surface area contributed by atoms with Crippen LogP contribution < -0.4 is 15.0 Å². The number of benzene rings is 3. The molecule has 1 aliphatic rings. The SMILES string of the molecule is COc1ccc(CCn2c(NC(=O)c3ccc(Cl)cc3)nc3cc(N(C)C(=O)C4CCCCC4)ccc32)cc1. The van der Waals surface area contributed by atoms with Crippen LogP contribution in [-0.2, 0) is 17.8 Å². The van der Waals surface area contributed by atoms with Crippen molar-refractivity contribution in [2.45, 2.75) is 45.1 Å². The average Bonchev–Trinajstić information content (AvgIpc) is 3.32. The van der Waals surface area contributed by atoms with Crippen LogP contribution in [0.3, 0.4) is 0 Å². The molecular weight excluding hydrogens is 512 g/mol. The predicted molar refractivity (Wildman–Crippen MR) is 156 cm³/mol. The summed E-state index contributed by atoms with van der Waals surface area (Å²) in [6.45, 7) is 0.606. The number of imidazole rings is 1. The molecular formula is C31H33ClN4O3. The van der Waals surface area contributed by atoms with Crippen LogP contribution >= 0.6 is 11.6 Å². The molecule has 202 valence electrons. The normalized spacial score (nSPS) is 13.8. The molecule has 1 heterocycles. The van der Waals surface area contributed by atoms with Crippen molar-refractivity contribution in [2.75, 3.05) is 24.4 Å². The molecule has 4 aromatic rings. The summed E-state index contributed by atoms with van der Waals surface area (Å²) in [6, 6.07) is 20.6. The first-order chi connectivity index (χ1) is 18.9. The molecule has 0 spiro atoms. The first kappa shape index (κ1) is 26.8. The van der Waals surface area contributed by atoms with Gasteiger partial charge in [0, 0.05) is 35.8 Å². The largest absolute Gasteiger partial charge is 0.497 e. The van der Waals surface area contributed by atoms with Gasteiger partial charge < -0.3 is 14.2 Å². The van der Waals surface area contributed by atoms with E-state index in [2.05, 4.69) is 5.32 Å². The van der Waals surface area contributed by atoms with Crippen LogP contribution in [0.1, 0.15) is 48.0 Å². The number of aryl methyl sites for hydroxylation is 2. The summed E-state index contributed by atoms with van der Waals surface area (Å²) in [4.78, 5) is 32.8. The van der Waals surface area contributed by atoms with Gasteiger partial charge in [-0.3, -0.25) is 14.9 Å². The second-order valence-corrected chi connectivity index (χ2v) is 10.5. The maximum absolute atomic E-state index is 13.2. The number of fused-ring (bicyclic) bond motifs is 1. The van der Waals surface area contributed by atoms with Crippen molar-refractivity contribution in [3.05, 3.63) is 82.9 Å². The number of nitrogens with one attached hydrogen (secondary N) is 1. The third kappa shape index (κ3) is 6.09. The van der Waals surface area contributed by atoms with E-state index in [1.807, 2.05) is 54.1 Å². The van der Waals surface area contributed by atoms with E-state index in [0.717, 1.165) is 60.1 Å². The molecule has 0 atom stereocenters. The molecule has 3 aromatic carbocycles. The third-order valence-corrected chi connectivity index (χ3v) is 7.77. The first-order valence-electron chi connectivity index (χ1n) is 13.4. The molecule has 0 radical (unpaired) electrons. The Kier molecular flexibility index (Phi) is 8.17. The van der Waals surface area contributed by atoms with Crippen LogP contribution in [0.5, 0.6) is 5.75 Å². The van der Waals surface area contributed by atoms with Crippen molar-refractivity contribution in [1.29, 1.82) is 0 Å². The van der Waals surface area contributed by atoms with Crippen LogP contribution in [0, 0.1) is 5.92 Å². The highest BCUT2D eigenvalue weighted by Gasteiger charge is 2.25. The van der Waals surface area contributed by atoms with Gasteiger partial charge >= 0.3 is 0 Å². The van der Waals surface area contributed by atoms with Gasteiger partial charge in [-0.05, 0) is 79.4 Å². The van der Waals surface area contributed by atoms with Crippen LogP contribution in [0.15, 0.2) is 66.7 Å². The predicted octanol–water partition coefficient (Wildman–Crippen LogP) is 6.74. The lowest BCUT2D eigenvalue weighted by atomic mass is 9.88. The number of nitrogens with zero attached hydrogens (tertiary/aromatic N) is 3. The molecule has 0 unspecified atom stereocenters. The van der Waals surface area contributed by atoms with E-state index >= 15 is 0 Å². The highest BCUT2D eigenvalue weighted by Crippen LogP contribution is 2.30. The number of aromatic nitrogens is 2. The summed E-state index contributed by atoms with van der Waals surface area (Å²) in [7, 11) is 3.48. The summed E-state index contributed by atoms with van der Waals surface area (Å²) in [5.41, 5.74) is 4.04. The number of carbonyl (C=O) groups is 2. The first-order valence-corrected chi connectivity index (χ1v) is 13.8. The Labute approximate surface area is 233 Å². The van der Waals surface area contributed by atoms with Gasteiger partial charge in [0.1, 0.15) is 5.75 Å². The van der Waals surface area contributed by atoms with E-state index in [4.69, 9.17) is 21.3 Å². The third-order valence-electron chi connectivity index (χ3n) is 7.52. The van der Waals surface area contributed by atoms with Gasteiger partial charge in [-0.1, -0.05) is 43.0 Å². The number of amides is 2. The van der Waals surface area contributed by atoms with E-state index < -0.39 is 0 Å². The van der Waals surface area contributed by atoms with Crippen LogP contribution in [0.2, 0.25) is 5.02 Å². The number of rotatable bonds is 8. The fourth-order valence-corrected chi connectivity index (χ4v) is 5.33. The van der Waals surface area contributed by atoms with Gasteiger partial charge in [-0.25, -0.2) is 4.98 Å². The van der Waals surface area contributed by atoms with E-state index in [0.29, 0.717) is 23.1 Å². The lowest BCUT2D eigenvalue weighted by molar-refractivity contribution is -0.123. The van der Waals surface area contributed by atoms with Gasteiger partial charge in [0.25, 0.3) is 5.91 Å². The molecule has 1 aromatic heterocycles. The Morgan fingerprint density at radius 1 is 1.03 bits per heavy atom. The molecule has 0 saturated heterocycles. The van der Waals surface area contributed by atoms with Crippen molar-refractivity contribution >= 4 is 46.1 Å². The summed E-state index contributed by atoms with van der Waals surface area (Å²) >= 11 is 6.00. The summed E-state index contributed by atoms with van der Waals surface area (Å²) < 4.78 is 7.29. The number of anilines is 2. The molecule has 1 N–H and O–H groups in total. The van der Waals surface area contributed by atoms with E-state index in [1.165, 1.54) is 6.42 Å². The molecule has 0 aliphatic heterocycles. The molecule has 1 saturated carbocycles. The lowest BCUT2D eigenvalue weighted by Crippen LogP contribution is -2.33. The molecule has 7 nitrogen and oxygen atoms in total. The van der Waals surface area contributed by atoms with Crippen molar-refractivity contribution in [3.8, 4) is 5.75 Å². The van der Waals surface area contributed by atoms with E-state index in [-0.39, 0.29) is 17.7 Å². The number of hydrogen-bond acceptors (Lipinski definition) is 4. The van der Waals surface area contributed by atoms with E-state index in [9.17, 15) is 9.59 Å². The van der Waals surface area contributed by atoms with Crippen molar-refractivity contribution in [1.82, 2.24) is 9.55 Å². The molecule has 2 amide bonds. The minimum atomic E-state index is -0.266. The molecule has 39 heavy (non-hydrogen) atoms. The van der Waals surface area contributed by atoms with Crippen LogP contribution in [0.4, 0.5) is 11.6 Å². The van der Waals surface area contributed by atoms with E-state index in [1.54, 1.807) is 36.3 Å². The van der Waals surface area contributed by atoms with Crippen LogP contribution in [0.25, 0.3) is 11.0 Å². The zero-order valence-corrected chi connectivity index (χ0v) is 23.1. The Balaban J connectivity index is 1.44.